The minimum Gasteiger partial charge on any atom is -0.497 e. The molecule has 3 aromatic rings. The Bertz CT molecular complexity index is 836. The van der Waals surface area contributed by atoms with E-state index >= 15 is 0 Å². The van der Waals surface area contributed by atoms with Crippen molar-refractivity contribution in [3.05, 3.63) is 59.3 Å². The lowest BCUT2D eigenvalue weighted by Gasteiger charge is -2.10. The van der Waals surface area contributed by atoms with Gasteiger partial charge in [0.25, 0.3) is 0 Å². The Morgan fingerprint density at radius 2 is 1.95 bits per heavy atom. The highest BCUT2D eigenvalue weighted by atomic mass is 16.5. The second-order valence-corrected chi connectivity index (χ2v) is 5.27. The van der Waals surface area contributed by atoms with Crippen LogP contribution in [0.4, 0.5) is 0 Å². The van der Waals surface area contributed by atoms with Crippen LogP contribution in [0.25, 0.3) is 22.0 Å². The first kappa shape index (κ1) is 11.5. The Balaban J connectivity index is 2.11. The van der Waals surface area contributed by atoms with Crippen LogP contribution in [0.15, 0.2) is 42.5 Å². The van der Waals surface area contributed by atoms with E-state index in [0.717, 1.165) is 23.4 Å². The van der Waals surface area contributed by atoms with Crippen molar-refractivity contribution in [1.29, 1.82) is 0 Å². The quantitative estimate of drug-likeness (QED) is 0.514. The normalized spacial score (nSPS) is 12.3. The summed E-state index contributed by atoms with van der Waals surface area (Å²) in [5.74, 6) is 0.857. The average molecular weight is 261 g/mol. The first-order valence-electron chi connectivity index (χ1n) is 6.83. The van der Waals surface area contributed by atoms with Gasteiger partial charge in [-0.05, 0) is 41.3 Å². The number of aryl methyl sites for hydroxylation is 1. The number of methoxy groups -OCH3 is 1. The van der Waals surface area contributed by atoms with Crippen molar-refractivity contribution >= 4 is 10.9 Å². The molecule has 2 aromatic carbocycles. The summed E-state index contributed by atoms with van der Waals surface area (Å²) >= 11 is 0. The molecule has 0 N–H and O–H groups in total. The fourth-order valence-electron chi connectivity index (χ4n) is 3.17. The van der Waals surface area contributed by atoms with E-state index in [-0.39, 0.29) is 0 Å². The maximum Gasteiger partial charge on any atom is 0.121 e. The number of benzene rings is 2. The molecule has 1 aliphatic carbocycles. The summed E-state index contributed by atoms with van der Waals surface area (Å²) in [7, 11) is 1.69. The van der Waals surface area contributed by atoms with E-state index in [0.29, 0.717) is 0 Å². The van der Waals surface area contributed by atoms with Crippen LogP contribution in [-0.4, -0.2) is 12.1 Å². The molecule has 4 rings (SSSR count). The van der Waals surface area contributed by atoms with E-state index in [1.54, 1.807) is 7.11 Å². The summed E-state index contributed by atoms with van der Waals surface area (Å²) in [6.07, 6.45) is 0.992. The van der Waals surface area contributed by atoms with Gasteiger partial charge in [0.1, 0.15) is 5.75 Å². The van der Waals surface area contributed by atoms with Crippen LogP contribution in [0.1, 0.15) is 16.8 Å². The number of aromatic nitrogens is 1. The lowest BCUT2D eigenvalue weighted by atomic mass is 10.00. The predicted octanol–water partition coefficient (Wildman–Crippen LogP) is 4.12. The van der Waals surface area contributed by atoms with Gasteiger partial charge in [-0.25, -0.2) is 0 Å². The zero-order valence-electron chi connectivity index (χ0n) is 11.6. The van der Waals surface area contributed by atoms with Crippen molar-refractivity contribution in [1.82, 2.24) is 4.98 Å². The number of nitrogens with zero attached hydrogens (tertiary/aromatic N) is 1. The number of hydrogen-bond acceptors (Lipinski definition) is 2. The molecule has 1 aromatic heterocycles. The van der Waals surface area contributed by atoms with E-state index in [4.69, 9.17) is 9.72 Å². The lowest BCUT2D eigenvalue weighted by molar-refractivity contribution is 0.415. The number of fused-ring (bicyclic) bond motifs is 5. The highest BCUT2D eigenvalue weighted by molar-refractivity contribution is 6.00. The molecule has 2 nitrogen and oxygen atoms in total. The smallest absolute Gasteiger partial charge is 0.121 e. The Hall–Kier alpha value is -2.35. The molecule has 0 unspecified atom stereocenters. The SMILES string of the molecule is COc1ccc2c3c(c(C)nc2c1)Cc1ccccc1-3. The zero-order valence-corrected chi connectivity index (χ0v) is 11.6. The van der Waals surface area contributed by atoms with E-state index in [1.165, 1.54) is 27.6 Å². The number of ether oxygens (including phenoxy) is 1. The Morgan fingerprint density at radius 1 is 1.10 bits per heavy atom. The zero-order chi connectivity index (χ0) is 13.7. The first-order chi connectivity index (χ1) is 9.78. The van der Waals surface area contributed by atoms with Crippen LogP contribution in [0.3, 0.4) is 0 Å². The first-order valence-corrected chi connectivity index (χ1v) is 6.83. The lowest BCUT2D eigenvalue weighted by Crippen LogP contribution is -1.94. The van der Waals surface area contributed by atoms with Gasteiger partial charge in [0.15, 0.2) is 0 Å². The Labute approximate surface area is 118 Å². The molecular formula is C18H15NO. The summed E-state index contributed by atoms with van der Waals surface area (Å²) in [6, 6.07) is 14.8. The van der Waals surface area contributed by atoms with Crippen molar-refractivity contribution in [3.8, 4) is 16.9 Å². The van der Waals surface area contributed by atoms with Gasteiger partial charge in [-0.2, -0.15) is 0 Å². The largest absolute Gasteiger partial charge is 0.497 e. The van der Waals surface area contributed by atoms with Crippen LogP contribution in [0.5, 0.6) is 5.75 Å². The fourth-order valence-corrected chi connectivity index (χ4v) is 3.17. The van der Waals surface area contributed by atoms with Gasteiger partial charge in [-0.15, -0.1) is 0 Å². The summed E-state index contributed by atoms with van der Waals surface area (Å²) < 4.78 is 5.31. The number of rotatable bonds is 1. The van der Waals surface area contributed by atoms with Gasteiger partial charge in [0.2, 0.25) is 0 Å². The van der Waals surface area contributed by atoms with Gasteiger partial charge in [0.05, 0.1) is 12.6 Å². The van der Waals surface area contributed by atoms with Crippen LogP contribution >= 0.6 is 0 Å². The number of pyridine rings is 1. The Kier molecular flexibility index (Phi) is 2.34. The minimum absolute atomic E-state index is 0.857. The third-order valence-electron chi connectivity index (χ3n) is 4.15. The van der Waals surface area contributed by atoms with E-state index in [2.05, 4.69) is 37.3 Å². The van der Waals surface area contributed by atoms with Crippen molar-refractivity contribution in [2.45, 2.75) is 13.3 Å². The standard InChI is InChI=1S/C18H15NO/c1-11-16-9-12-5-3-4-6-14(12)18(16)15-8-7-13(20-2)10-17(15)19-11/h3-8,10H,9H2,1-2H3. The molecular weight excluding hydrogens is 246 g/mol. The monoisotopic (exact) mass is 261 g/mol. The van der Waals surface area contributed by atoms with E-state index < -0.39 is 0 Å². The second-order valence-electron chi connectivity index (χ2n) is 5.27. The minimum atomic E-state index is 0.857. The maximum atomic E-state index is 5.31. The summed E-state index contributed by atoms with van der Waals surface area (Å²) in [5.41, 5.74) is 7.60. The van der Waals surface area contributed by atoms with Crippen molar-refractivity contribution in [3.63, 3.8) is 0 Å². The van der Waals surface area contributed by atoms with Crippen LogP contribution in [0, 0.1) is 6.92 Å². The summed E-state index contributed by atoms with van der Waals surface area (Å²) in [6.45, 7) is 2.10. The topological polar surface area (TPSA) is 22.1 Å². The van der Waals surface area contributed by atoms with Crippen LogP contribution < -0.4 is 4.74 Å². The summed E-state index contributed by atoms with van der Waals surface area (Å²) in [5, 5.41) is 1.22. The van der Waals surface area contributed by atoms with Gasteiger partial charge >= 0.3 is 0 Å². The third kappa shape index (κ3) is 1.48. The van der Waals surface area contributed by atoms with Gasteiger partial charge < -0.3 is 4.74 Å². The van der Waals surface area contributed by atoms with E-state index in [9.17, 15) is 0 Å². The van der Waals surface area contributed by atoms with Crippen LogP contribution in [-0.2, 0) is 6.42 Å². The molecule has 1 aliphatic rings. The van der Waals surface area contributed by atoms with E-state index in [1.807, 2.05) is 12.1 Å². The van der Waals surface area contributed by atoms with Gasteiger partial charge in [-0.3, -0.25) is 4.98 Å². The fraction of sp³-hybridized carbons (Fsp3) is 0.167. The molecule has 0 atom stereocenters. The highest BCUT2D eigenvalue weighted by Crippen LogP contribution is 2.42. The van der Waals surface area contributed by atoms with Gasteiger partial charge in [0, 0.05) is 23.6 Å². The van der Waals surface area contributed by atoms with Crippen molar-refractivity contribution in [2.75, 3.05) is 7.11 Å². The van der Waals surface area contributed by atoms with Gasteiger partial charge in [-0.1, -0.05) is 24.3 Å². The molecule has 0 saturated heterocycles. The molecule has 0 radical (unpaired) electrons. The third-order valence-corrected chi connectivity index (χ3v) is 4.15. The molecule has 0 saturated carbocycles. The second kappa shape index (κ2) is 4.07. The molecule has 0 bridgehead atoms. The molecule has 1 heterocycles. The molecule has 2 heteroatoms. The van der Waals surface area contributed by atoms with Crippen LogP contribution in [0.2, 0.25) is 0 Å². The Morgan fingerprint density at radius 3 is 2.80 bits per heavy atom. The molecule has 98 valence electrons. The number of hydrogen-bond donors (Lipinski definition) is 0. The summed E-state index contributed by atoms with van der Waals surface area (Å²) in [4.78, 5) is 4.76. The molecule has 0 aliphatic heterocycles. The molecule has 0 fully saturated rings. The maximum absolute atomic E-state index is 5.31. The van der Waals surface area contributed by atoms with Crippen molar-refractivity contribution < 1.29 is 4.74 Å². The predicted molar refractivity (Wildman–Crippen MR) is 81.3 cm³/mol. The average Bonchev–Trinajstić information content (AvgIpc) is 2.87. The highest BCUT2D eigenvalue weighted by Gasteiger charge is 2.23. The molecule has 0 spiro atoms. The molecule has 20 heavy (non-hydrogen) atoms. The molecule has 0 amide bonds. The van der Waals surface area contributed by atoms with Crippen molar-refractivity contribution in [2.24, 2.45) is 0 Å².